The Hall–Kier alpha value is -3.41. The van der Waals surface area contributed by atoms with Gasteiger partial charge in [0.25, 0.3) is 0 Å². The zero-order valence-corrected chi connectivity index (χ0v) is 38.9. The molecule has 0 aromatic heterocycles. The highest BCUT2D eigenvalue weighted by Gasteiger charge is 2.19. The number of unbranched alkanes of at least 4 members (excludes halogenated alkanes) is 18. The summed E-state index contributed by atoms with van der Waals surface area (Å²) in [5, 5.41) is 0. The summed E-state index contributed by atoms with van der Waals surface area (Å²) in [4.78, 5) is 37.8. The molecule has 0 bridgehead atoms. The average molecular weight is 835 g/mol. The van der Waals surface area contributed by atoms with Crippen LogP contribution in [0.2, 0.25) is 0 Å². The summed E-state index contributed by atoms with van der Waals surface area (Å²) in [7, 11) is 0. The van der Waals surface area contributed by atoms with E-state index in [2.05, 4.69) is 106 Å². The van der Waals surface area contributed by atoms with Crippen molar-refractivity contribution in [3.63, 3.8) is 0 Å². The number of carbonyl (C=O) groups excluding carboxylic acids is 3. The van der Waals surface area contributed by atoms with Gasteiger partial charge in [0.15, 0.2) is 6.10 Å². The fourth-order valence-electron chi connectivity index (χ4n) is 6.45. The number of ether oxygens (including phenoxy) is 3. The van der Waals surface area contributed by atoms with Gasteiger partial charge in [0.05, 0.1) is 0 Å². The predicted molar refractivity (Wildman–Crippen MR) is 256 cm³/mol. The molecule has 6 heteroatoms. The lowest BCUT2D eigenvalue weighted by Gasteiger charge is -2.18. The van der Waals surface area contributed by atoms with E-state index in [-0.39, 0.29) is 37.5 Å². The molecule has 0 aromatic rings. The van der Waals surface area contributed by atoms with Gasteiger partial charge < -0.3 is 14.2 Å². The van der Waals surface area contributed by atoms with Crippen molar-refractivity contribution in [3.05, 3.63) is 85.1 Å². The summed E-state index contributed by atoms with van der Waals surface area (Å²) in [5.74, 6) is -0.988. The van der Waals surface area contributed by atoms with E-state index in [1.807, 2.05) is 0 Å². The molecule has 1 unspecified atom stereocenters. The third-order valence-corrected chi connectivity index (χ3v) is 10.1. The van der Waals surface area contributed by atoms with Gasteiger partial charge in [0.2, 0.25) is 0 Å². The van der Waals surface area contributed by atoms with Crippen molar-refractivity contribution < 1.29 is 28.6 Å². The van der Waals surface area contributed by atoms with Gasteiger partial charge in [0.1, 0.15) is 13.2 Å². The second-order valence-electron chi connectivity index (χ2n) is 16.0. The number of allylic oxidation sites excluding steroid dienone is 14. The molecule has 342 valence electrons. The molecule has 0 aliphatic heterocycles. The zero-order valence-electron chi connectivity index (χ0n) is 38.9. The largest absolute Gasteiger partial charge is 0.462 e. The number of hydrogen-bond donors (Lipinski definition) is 0. The summed E-state index contributed by atoms with van der Waals surface area (Å²) in [5.41, 5.74) is 0. The molecule has 0 aromatic carbocycles. The summed E-state index contributed by atoms with van der Waals surface area (Å²) < 4.78 is 16.7. The van der Waals surface area contributed by atoms with Gasteiger partial charge in [0, 0.05) is 19.3 Å². The van der Waals surface area contributed by atoms with Crippen LogP contribution in [-0.4, -0.2) is 37.2 Å². The summed E-state index contributed by atoms with van der Waals surface area (Å²) in [6, 6.07) is 0. The van der Waals surface area contributed by atoms with E-state index in [1.54, 1.807) is 0 Å². The van der Waals surface area contributed by atoms with Gasteiger partial charge in [-0.3, -0.25) is 14.4 Å². The standard InChI is InChI=1S/C54H90O6/c1-4-7-10-13-16-19-22-24-26-27-28-30-32-35-38-41-44-47-53(56)59-50-51(49-58-52(55)46-43-40-37-34-31-21-18-15-12-9-6-3)60-54(57)48-45-42-39-36-33-29-25-23-20-17-14-11-8-5-2/h8,11,16-17,19-20,24-26,28-30,35,38,51H,4-7,9-10,12-15,18,21-23,27,31-34,36-37,39-50H2,1-3H3/b11-8-,19-16-,20-17-,26-24-,29-25-,30-28-,38-35-. The van der Waals surface area contributed by atoms with Crippen LogP contribution in [0.3, 0.4) is 0 Å². The Morgan fingerprint density at radius 2 is 0.667 bits per heavy atom. The minimum Gasteiger partial charge on any atom is -0.462 e. The lowest BCUT2D eigenvalue weighted by atomic mass is 10.1. The Labute approximate surface area is 369 Å². The van der Waals surface area contributed by atoms with E-state index >= 15 is 0 Å². The minimum absolute atomic E-state index is 0.102. The lowest BCUT2D eigenvalue weighted by Crippen LogP contribution is -2.30. The molecule has 0 N–H and O–H groups in total. The van der Waals surface area contributed by atoms with Crippen molar-refractivity contribution >= 4 is 17.9 Å². The smallest absolute Gasteiger partial charge is 0.306 e. The van der Waals surface area contributed by atoms with Gasteiger partial charge in [-0.25, -0.2) is 0 Å². The molecule has 0 fully saturated rings. The molecular weight excluding hydrogens is 745 g/mol. The predicted octanol–water partition coefficient (Wildman–Crippen LogP) is 16.0. The molecule has 60 heavy (non-hydrogen) atoms. The van der Waals surface area contributed by atoms with Crippen LogP contribution in [0.1, 0.15) is 220 Å². The molecule has 0 spiro atoms. The molecule has 0 saturated carbocycles. The maximum atomic E-state index is 12.7. The van der Waals surface area contributed by atoms with E-state index < -0.39 is 6.10 Å². The van der Waals surface area contributed by atoms with Crippen molar-refractivity contribution in [3.8, 4) is 0 Å². The van der Waals surface area contributed by atoms with Crippen LogP contribution >= 0.6 is 0 Å². The molecule has 0 saturated heterocycles. The highest BCUT2D eigenvalue weighted by molar-refractivity contribution is 5.71. The van der Waals surface area contributed by atoms with Gasteiger partial charge in [-0.1, -0.05) is 196 Å². The number of hydrogen-bond acceptors (Lipinski definition) is 6. The Balaban J connectivity index is 4.50. The third-order valence-electron chi connectivity index (χ3n) is 10.1. The molecular formula is C54H90O6. The highest BCUT2D eigenvalue weighted by Crippen LogP contribution is 2.13. The SMILES string of the molecule is CC/C=C\C/C=C\C/C=C\CCCCCCC(=O)OC(COC(=O)CCC/C=C\C/C=C\C/C=C\C/C=C\CCCCC)COC(=O)CCCCCCCCCCCCC. The van der Waals surface area contributed by atoms with Crippen LogP contribution in [0.4, 0.5) is 0 Å². The summed E-state index contributed by atoms with van der Waals surface area (Å²) in [6.45, 7) is 6.41. The first-order valence-electron chi connectivity index (χ1n) is 24.6. The van der Waals surface area contributed by atoms with Crippen LogP contribution < -0.4 is 0 Å². The maximum Gasteiger partial charge on any atom is 0.306 e. The number of carbonyl (C=O) groups is 3. The second-order valence-corrected chi connectivity index (χ2v) is 16.0. The van der Waals surface area contributed by atoms with Crippen molar-refractivity contribution in [2.45, 2.75) is 226 Å². The fraction of sp³-hybridized carbons (Fsp3) is 0.685. The fourth-order valence-corrected chi connectivity index (χ4v) is 6.45. The summed E-state index contributed by atoms with van der Waals surface area (Å²) in [6.07, 6.45) is 61.4. The molecule has 1 atom stereocenters. The van der Waals surface area contributed by atoms with E-state index in [1.165, 1.54) is 77.0 Å². The van der Waals surface area contributed by atoms with Crippen molar-refractivity contribution in [1.29, 1.82) is 0 Å². The monoisotopic (exact) mass is 835 g/mol. The summed E-state index contributed by atoms with van der Waals surface area (Å²) >= 11 is 0. The highest BCUT2D eigenvalue weighted by atomic mass is 16.6. The molecule has 0 radical (unpaired) electrons. The molecule has 0 aliphatic rings. The molecule has 0 heterocycles. The first kappa shape index (κ1) is 56.6. The van der Waals surface area contributed by atoms with Crippen LogP contribution in [0, 0.1) is 0 Å². The normalized spacial score (nSPS) is 12.8. The second kappa shape index (κ2) is 48.3. The maximum absolute atomic E-state index is 12.7. The van der Waals surface area contributed by atoms with Gasteiger partial charge in [-0.2, -0.15) is 0 Å². The first-order chi connectivity index (χ1) is 29.5. The molecule has 0 rings (SSSR count). The Morgan fingerprint density at radius 3 is 1.12 bits per heavy atom. The van der Waals surface area contributed by atoms with E-state index in [0.29, 0.717) is 19.3 Å². The third kappa shape index (κ3) is 45.7. The van der Waals surface area contributed by atoms with E-state index in [4.69, 9.17) is 14.2 Å². The van der Waals surface area contributed by atoms with Gasteiger partial charge in [-0.05, 0) is 89.9 Å². The molecule has 0 amide bonds. The zero-order chi connectivity index (χ0) is 43.7. The minimum atomic E-state index is -0.807. The Morgan fingerprint density at radius 1 is 0.350 bits per heavy atom. The van der Waals surface area contributed by atoms with Crippen LogP contribution in [0.25, 0.3) is 0 Å². The van der Waals surface area contributed by atoms with Gasteiger partial charge >= 0.3 is 17.9 Å². The Kier molecular flexibility index (Phi) is 45.5. The topological polar surface area (TPSA) is 78.9 Å². The number of esters is 3. The lowest BCUT2D eigenvalue weighted by molar-refractivity contribution is -0.167. The van der Waals surface area contributed by atoms with Crippen molar-refractivity contribution in [2.75, 3.05) is 13.2 Å². The Bertz CT molecular complexity index is 1190. The number of rotatable bonds is 43. The van der Waals surface area contributed by atoms with E-state index in [0.717, 1.165) is 96.3 Å². The van der Waals surface area contributed by atoms with E-state index in [9.17, 15) is 14.4 Å². The quantitative estimate of drug-likeness (QED) is 0.0263. The van der Waals surface area contributed by atoms with Crippen LogP contribution in [-0.2, 0) is 28.6 Å². The van der Waals surface area contributed by atoms with Crippen molar-refractivity contribution in [2.24, 2.45) is 0 Å². The van der Waals surface area contributed by atoms with Crippen LogP contribution in [0.15, 0.2) is 85.1 Å². The molecule has 6 nitrogen and oxygen atoms in total. The van der Waals surface area contributed by atoms with Gasteiger partial charge in [-0.15, -0.1) is 0 Å². The van der Waals surface area contributed by atoms with Crippen LogP contribution in [0.5, 0.6) is 0 Å². The average Bonchev–Trinajstić information content (AvgIpc) is 3.24. The molecule has 0 aliphatic carbocycles. The first-order valence-corrected chi connectivity index (χ1v) is 24.6. The van der Waals surface area contributed by atoms with Crippen molar-refractivity contribution in [1.82, 2.24) is 0 Å².